The maximum Gasteiger partial charge on any atom is 0.247 e. The van der Waals surface area contributed by atoms with E-state index in [0.717, 1.165) is 37.1 Å². The van der Waals surface area contributed by atoms with Crippen LogP contribution in [0.2, 0.25) is 10.0 Å². The number of amides is 5. The van der Waals surface area contributed by atoms with Crippen LogP contribution >= 0.6 is 23.2 Å². The molecule has 19 heteroatoms. The molecule has 0 unspecified atom stereocenters. The van der Waals surface area contributed by atoms with Crippen LogP contribution in [-0.2, 0) is 61.7 Å². The van der Waals surface area contributed by atoms with Gasteiger partial charge < -0.3 is 39.4 Å². The van der Waals surface area contributed by atoms with Gasteiger partial charge >= 0.3 is 0 Å². The number of methoxy groups -OCH3 is 1. The molecule has 5 amide bonds. The number of nitrogens with one attached hydrogen (secondary N) is 2. The van der Waals surface area contributed by atoms with Crippen LogP contribution in [0.1, 0.15) is 62.0 Å². The molecule has 2 saturated heterocycles. The zero-order chi connectivity index (χ0) is 53.2. The summed E-state index contributed by atoms with van der Waals surface area (Å²) in [6, 6.07) is 19.6. The van der Waals surface area contributed by atoms with Gasteiger partial charge in [-0.2, -0.15) is 4.39 Å². The van der Waals surface area contributed by atoms with Crippen molar-refractivity contribution in [2.75, 3.05) is 47.4 Å². The first kappa shape index (κ1) is 55.4. The summed E-state index contributed by atoms with van der Waals surface area (Å²) in [4.78, 5) is 83.4. The number of rotatable bonds is 13. The number of ether oxygens (including phenoxy) is 2. The van der Waals surface area contributed by atoms with Gasteiger partial charge in [0.1, 0.15) is 23.7 Å². The smallest absolute Gasteiger partial charge is 0.247 e. The molecule has 7 rings (SSSR count). The summed E-state index contributed by atoms with van der Waals surface area (Å²) in [7, 11) is 6.28. The highest BCUT2D eigenvalue weighted by molar-refractivity contribution is 6.31. The van der Waals surface area contributed by atoms with Gasteiger partial charge in [0.05, 0.1) is 37.5 Å². The number of hydrogen-bond donors (Lipinski definition) is 2. The summed E-state index contributed by atoms with van der Waals surface area (Å²) in [6.07, 6.45) is 3.62. The number of carbonyl (C=O) groups is 5. The second-order valence-corrected chi connectivity index (χ2v) is 20.1. The quantitative estimate of drug-likeness (QED) is 0.121. The number of likely N-dealkylation sites (N-methyl/N-ethyl adjacent to an activating group) is 2. The maximum atomic E-state index is 16.2. The van der Waals surface area contributed by atoms with Gasteiger partial charge in [0, 0.05) is 80.9 Å². The molecule has 2 fully saturated rings. The van der Waals surface area contributed by atoms with Gasteiger partial charge in [-0.25, -0.2) is 9.37 Å². The molecule has 394 valence electrons. The number of likely N-dealkylation sites (tertiary alicyclic amines) is 1. The molecule has 15 nitrogen and oxygen atoms in total. The number of benzene rings is 4. The van der Waals surface area contributed by atoms with Gasteiger partial charge in [-0.3, -0.25) is 28.9 Å². The van der Waals surface area contributed by atoms with Crippen molar-refractivity contribution in [2.24, 2.45) is 13.0 Å². The Labute approximate surface area is 441 Å². The van der Waals surface area contributed by atoms with Crippen LogP contribution in [0.15, 0.2) is 91.1 Å². The monoisotopic (exact) mass is 1060 g/mol. The fourth-order valence-electron chi connectivity index (χ4n) is 9.39. The summed E-state index contributed by atoms with van der Waals surface area (Å²) < 4.78 is 45.7. The highest BCUT2D eigenvalue weighted by Crippen LogP contribution is 2.36. The van der Waals surface area contributed by atoms with Gasteiger partial charge in [0.15, 0.2) is 11.6 Å². The Morgan fingerprint density at radius 1 is 0.757 bits per heavy atom. The summed E-state index contributed by atoms with van der Waals surface area (Å²) in [6.45, 7) is 5.19. The molecule has 2 aliphatic heterocycles. The summed E-state index contributed by atoms with van der Waals surface area (Å²) in [5.74, 6) is -5.83. The zero-order valence-corrected chi connectivity index (χ0v) is 44.1. The minimum atomic E-state index is -1.31. The third-order valence-electron chi connectivity index (χ3n) is 14.1. The third kappa shape index (κ3) is 13.7. The lowest BCUT2D eigenvalue weighted by Crippen LogP contribution is -2.57. The van der Waals surface area contributed by atoms with Crippen molar-refractivity contribution in [3.05, 3.63) is 135 Å². The van der Waals surface area contributed by atoms with Crippen LogP contribution < -0.4 is 15.4 Å². The lowest BCUT2D eigenvalue weighted by Gasteiger charge is -2.35. The lowest BCUT2D eigenvalue weighted by atomic mass is 9.93. The van der Waals surface area contributed by atoms with Crippen molar-refractivity contribution in [2.45, 2.75) is 89.6 Å². The molecule has 1 aromatic heterocycles. The Bertz CT molecular complexity index is 2800. The van der Waals surface area contributed by atoms with E-state index in [1.807, 2.05) is 30.3 Å². The highest BCUT2D eigenvalue weighted by atomic mass is 35.5. The second-order valence-electron chi connectivity index (χ2n) is 19.2. The number of aromatic nitrogens is 2. The predicted octanol–water partition coefficient (Wildman–Crippen LogP) is 7.59. The summed E-state index contributed by atoms with van der Waals surface area (Å²) in [5, 5.41) is 6.41. The first-order chi connectivity index (χ1) is 35.4. The number of nitrogens with zero attached hydrogens (tertiary/aromatic N) is 6. The van der Waals surface area contributed by atoms with Crippen LogP contribution in [0.3, 0.4) is 0 Å². The zero-order valence-electron chi connectivity index (χ0n) is 42.6. The minimum absolute atomic E-state index is 0.0180. The first-order valence-electron chi connectivity index (χ1n) is 24.8. The van der Waals surface area contributed by atoms with E-state index in [1.54, 1.807) is 63.0 Å². The number of halogens is 4. The van der Waals surface area contributed by atoms with Crippen molar-refractivity contribution in [3.8, 4) is 22.8 Å². The topological polar surface area (TPSA) is 159 Å². The molecule has 0 bridgehead atoms. The Morgan fingerprint density at radius 3 is 2.15 bits per heavy atom. The van der Waals surface area contributed by atoms with Crippen molar-refractivity contribution in [3.63, 3.8) is 0 Å². The second kappa shape index (κ2) is 25.2. The standard InChI is InChI=1S/C55H64Cl2F2N8O7/c1-34-29-61-49(68)28-42(25-37-14-17-40(56)18-15-37)64(4)55(72)44(33-73-6)62-53(70)35(2)67(50(69)26-39(54(71)63(34)3)24-36-12-8-7-9-13-36)31-38-16-19-41(57)27-47(38)74-46-21-20-43(51(58)52(46)59)45-30-60-48(65(45)5)32-66-22-10-11-23-66/h7-9,12-21,27,30,34-35,39,42,44H,10-11,22-26,28-29,31-33H2,1-6H3,(H,61,68)(H,62,70)/t34-,35-,39+,42-,44-/m0/s1. The molecule has 5 aromatic rings. The Kier molecular flexibility index (Phi) is 18.9. The van der Waals surface area contributed by atoms with Gasteiger partial charge in [-0.15, -0.1) is 0 Å². The van der Waals surface area contributed by atoms with E-state index in [2.05, 4.69) is 20.5 Å². The van der Waals surface area contributed by atoms with Crippen molar-refractivity contribution in [1.82, 2.24) is 39.8 Å². The van der Waals surface area contributed by atoms with Gasteiger partial charge in [0.2, 0.25) is 35.4 Å². The molecule has 3 heterocycles. The van der Waals surface area contributed by atoms with Crippen LogP contribution in [-0.4, -0.2) is 130 Å². The van der Waals surface area contributed by atoms with E-state index >= 15 is 13.6 Å². The molecule has 5 atom stereocenters. The minimum Gasteiger partial charge on any atom is -0.454 e. The van der Waals surface area contributed by atoms with E-state index in [0.29, 0.717) is 23.1 Å². The van der Waals surface area contributed by atoms with Crippen LogP contribution in [0.5, 0.6) is 11.5 Å². The first-order valence-corrected chi connectivity index (χ1v) is 25.5. The van der Waals surface area contributed by atoms with E-state index in [-0.39, 0.29) is 79.1 Å². The highest BCUT2D eigenvalue weighted by Gasteiger charge is 2.37. The average Bonchev–Trinajstić information content (AvgIpc) is 4.04. The van der Waals surface area contributed by atoms with Gasteiger partial charge in [-0.1, -0.05) is 71.7 Å². The molecular formula is C55H64Cl2F2N8O7. The SMILES string of the molecule is COC[C@@H]1NC(=O)[C@H](C)N(Cc2ccc(Cl)cc2Oc2ccc(-c3cnc(CN4CCCC4)n3C)c(F)c2F)C(=O)C[C@@H](Cc2ccccc2)C(=O)N(C)[C@@H](C)CNC(=O)C[C@H](Cc2ccc(Cl)cc2)N(C)C1=O. The van der Waals surface area contributed by atoms with Crippen molar-refractivity contribution in [1.29, 1.82) is 0 Å². The Balaban J connectivity index is 1.23. The Hall–Kier alpha value is -6.40. The summed E-state index contributed by atoms with van der Waals surface area (Å²) >= 11 is 12.7. The van der Waals surface area contributed by atoms with Gasteiger partial charge in [0.25, 0.3) is 0 Å². The average molecular weight is 1060 g/mol. The van der Waals surface area contributed by atoms with E-state index in [1.165, 1.54) is 59.2 Å². The number of imidazole rings is 1. The molecule has 2 aliphatic rings. The molecule has 0 saturated carbocycles. The third-order valence-corrected chi connectivity index (χ3v) is 14.6. The molecule has 0 radical (unpaired) electrons. The largest absolute Gasteiger partial charge is 0.454 e. The van der Waals surface area contributed by atoms with Gasteiger partial charge in [-0.05, 0) is 100 Å². The van der Waals surface area contributed by atoms with Crippen molar-refractivity contribution < 1.29 is 42.2 Å². The maximum absolute atomic E-state index is 16.2. The number of hydrogen-bond acceptors (Lipinski definition) is 9. The molecule has 2 N–H and O–H groups in total. The normalized spacial score (nSPS) is 21.1. The van der Waals surface area contributed by atoms with Crippen LogP contribution in [0.25, 0.3) is 11.3 Å². The lowest BCUT2D eigenvalue weighted by molar-refractivity contribution is -0.147. The van der Waals surface area contributed by atoms with Crippen molar-refractivity contribution >= 4 is 52.7 Å². The van der Waals surface area contributed by atoms with E-state index < -0.39 is 65.2 Å². The molecule has 4 aromatic carbocycles. The molecule has 0 spiro atoms. The fraction of sp³-hybridized carbons (Fsp3) is 0.418. The molecule has 74 heavy (non-hydrogen) atoms. The van der Waals surface area contributed by atoms with E-state index in [9.17, 15) is 19.2 Å². The molecule has 0 aliphatic carbocycles. The summed E-state index contributed by atoms with van der Waals surface area (Å²) in [5.41, 5.74) is 2.20. The van der Waals surface area contributed by atoms with E-state index in [4.69, 9.17) is 32.7 Å². The predicted molar refractivity (Wildman–Crippen MR) is 278 cm³/mol. The van der Waals surface area contributed by atoms with Crippen LogP contribution in [0.4, 0.5) is 8.78 Å². The molecular weight excluding hydrogens is 994 g/mol. The Morgan fingerprint density at radius 2 is 1.45 bits per heavy atom. The van der Waals surface area contributed by atoms with Crippen LogP contribution in [0, 0.1) is 17.6 Å². The fourth-order valence-corrected chi connectivity index (χ4v) is 9.68. The number of carbonyl (C=O) groups excluding carboxylic acids is 5.